The molecule has 1 atom stereocenters. The maximum Gasteiger partial charge on any atom is 0.170 e. The molecule has 0 radical (unpaired) electrons. The number of likely N-dealkylation sites (N-methyl/N-ethyl adjacent to an activating group) is 2. The molecule has 0 bridgehead atoms. The van der Waals surface area contributed by atoms with Crippen molar-refractivity contribution in [1.29, 1.82) is 0 Å². The second-order valence-corrected chi connectivity index (χ2v) is 5.66. The topological polar surface area (TPSA) is 26.8 Å². The van der Waals surface area contributed by atoms with Crippen molar-refractivity contribution in [1.82, 2.24) is 14.7 Å². The highest BCUT2D eigenvalue weighted by Gasteiger charge is 2.47. The maximum atomic E-state index is 12.3. The standard InChI is InChI=1S/C12H23N3O/c1-12(2)11(16)10(9-14(12)4)15-7-5-13(3)6-8-15/h10H,5-9H2,1-4H3. The van der Waals surface area contributed by atoms with E-state index in [4.69, 9.17) is 0 Å². The Balaban J connectivity index is 2.04. The Morgan fingerprint density at radius 3 is 2.12 bits per heavy atom. The fraction of sp³-hybridized carbons (Fsp3) is 0.917. The molecule has 16 heavy (non-hydrogen) atoms. The van der Waals surface area contributed by atoms with E-state index < -0.39 is 0 Å². The van der Waals surface area contributed by atoms with Crippen LogP contribution >= 0.6 is 0 Å². The summed E-state index contributed by atoms with van der Waals surface area (Å²) in [5, 5.41) is 0. The third-order valence-electron chi connectivity index (χ3n) is 4.29. The second-order valence-electron chi connectivity index (χ2n) is 5.66. The molecule has 0 aromatic heterocycles. The maximum absolute atomic E-state index is 12.3. The number of rotatable bonds is 1. The summed E-state index contributed by atoms with van der Waals surface area (Å²) in [7, 11) is 4.19. The monoisotopic (exact) mass is 225 g/mol. The first-order valence-corrected chi connectivity index (χ1v) is 6.11. The number of carbonyl (C=O) groups is 1. The molecular weight excluding hydrogens is 202 g/mol. The number of hydrogen-bond donors (Lipinski definition) is 0. The van der Waals surface area contributed by atoms with Gasteiger partial charge in [-0.2, -0.15) is 0 Å². The van der Waals surface area contributed by atoms with Crippen molar-refractivity contribution in [2.45, 2.75) is 25.4 Å². The van der Waals surface area contributed by atoms with Crippen molar-refractivity contribution in [3.63, 3.8) is 0 Å². The lowest BCUT2D eigenvalue weighted by molar-refractivity contribution is -0.127. The molecule has 0 N–H and O–H groups in total. The second kappa shape index (κ2) is 4.09. The first-order valence-electron chi connectivity index (χ1n) is 6.11. The minimum Gasteiger partial charge on any atom is -0.304 e. The number of ketones is 1. The third-order valence-corrected chi connectivity index (χ3v) is 4.29. The third kappa shape index (κ3) is 1.90. The van der Waals surface area contributed by atoms with E-state index >= 15 is 0 Å². The largest absolute Gasteiger partial charge is 0.304 e. The Morgan fingerprint density at radius 2 is 1.69 bits per heavy atom. The number of likely N-dealkylation sites (tertiary alicyclic amines) is 1. The molecule has 4 nitrogen and oxygen atoms in total. The SMILES string of the molecule is CN1CCN(C2CN(C)C(C)(C)C2=O)CC1. The summed E-state index contributed by atoms with van der Waals surface area (Å²) in [6.07, 6.45) is 0. The molecule has 0 spiro atoms. The molecule has 2 heterocycles. The van der Waals surface area contributed by atoms with Gasteiger partial charge in [0.2, 0.25) is 0 Å². The number of Topliss-reactive ketones (excluding diaryl/α,β-unsaturated/α-hetero) is 1. The number of carbonyl (C=O) groups excluding carboxylic acids is 1. The van der Waals surface area contributed by atoms with Crippen LogP contribution in [0.3, 0.4) is 0 Å². The van der Waals surface area contributed by atoms with Crippen LogP contribution < -0.4 is 0 Å². The molecule has 0 saturated carbocycles. The van der Waals surface area contributed by atoms with Crippen LogP contribution in [0.15, 0.2) is 0 Å². The van der Waals surface area contributed by atoms with Gasteiger partial charge in [0.05, 0.1) is 11.6 Å². The van der Waals surface area contributed by atoms with Gasteiger partial charge < -0.3 is 4.90 Å². The molecule has 1 unspecified atom stereocenters. The van der Waals surface area contributed by atoms with Crippen molar-refractivity contribution < 1.29 is 4.79 Å². The van der Waals surface area contributed by atoms with E-state index in [1.54, 1.807) is 0 Å². The molecule has 4 heteroatoms. The molecule has 0 aliphatic carbocycles. The summed E-state index contributed by atoms with van der Waals surface area (Å²) >= 11 is 0. The van der Waals surface area contributed by atoms with Crippen LogP contribution in [0, 0.1) is 0 Å². The Hall–Kier alpha value is -0.450. The summed E-state index contributed by atoms with van der Waals surface area (Å²) in [6.45, 7) is 9.15. The fourth-order valence-electron chi connectivity index (χ4n) is 2.58. The van der Waals surface area contributed by atoms with Crippen LogP contribution in [0.1, 0.15) is 13.8 Å². The normalized spacial score (nSPS) is 33.5. The molecule has 0 aromatic rings. The summed E-state index contributed by atoms with van der Waals surface area (Å²) in [5.41, 5.74) is -0.284. The van der Waals surface area contributed by atoms with Gasteiger partial charge in [-0.3, -0.25) is 14.6 Å². The highest BCUT2D eigenvalue weighted by Crippen LogP contribution is 2.26. The molecule has 0 amide bonds. The highest BCUT2D eigenvalue weighted by atomic mass is 16.1. The minimum absolute atomic E-state index is 0.119. The van der Waals surface area contributed by atoms with Gasteiger partial charge in [0.25, 0.3) is 0 Å². The molecular formula is C12H23N3O. The van der Waals surface area contributed by atoms with Crippen molar-refractivity contribution in [3.8, 4) is 0 Å². The predicted molar refractivity (Wildman–Crippen MR) is 64.6 cm³/mol. The average Bonchev–Trinajstić information content (AvgIpc) is 2.44. The highest BCUT2D eigenvalue weighted by molar-refractivity contribution is 5.94. The molecule has 2 fully saturated rings. The summed E-state index contributed by atoms with van der Waals surface area (Å²) < 4.78 is 0. The van der Waals surface area contributed by atoms with Crippen LogP contribution in [0.25, 0.3) is 0 Å². The van der Waals surface area contributed by atoms with E-state index in [-0.39, 0.29) is 11.6 Å². The van der Waals surface area contributed by atoms with Crippen LogP contribution in [0.2, 0.25) is 0 Å². The van der Waals surface area contributed by atoms with Gasteiger partial charge in [0, 0.05) is 32.7 Å². The van der Waals surface area contributed by atoms with Crippen molar-refractivity contribution in [2.75, 3.05) is 46.8 Å². The lowest BCUT2D eigenvalue weighted by Gasteiger charge is -2.35. The van der Waals surface area contributed by atoms with E-state index in [1.165, 1.54) is 0 Å². The molecule has 2 rings (SSSR count). The molecule has 92 valence electrons. The average molecular weight is 225 g/mol. The van der Waals surface area contributed by atoms with Gasteiger partial charge in [-0.25, -0.2) is 0 Å². The summed E-state index contributed by atoms with van der Waals surface area (Å²) in [4.78, 5) is 19.2. The Morgan fingerprint density at radius 1 is 1.12 bits per heavy atom. The Kier molecular flexibility index (Phi) is 3.07. The van der Waals surface area contributed by atoms with Gasteiger partial charge in [0.1, 0.15) is 0 Å². The van der Waals surface area contributed by atoms with E-state index in [9.17, 15) is 4.79 Å². The Bertz CT molecular complexity index is 282. The number of nitrogens with zero attached hydrogens (tertiary/aromatic N) is 3. The predicted octanol–water partition coefficient (Wildman–Crippen LogP) is -0.104. The zero-order valence-electron chi connectivity index (χ0n) is 10.9. The zero-order chi connectivity index (χ0) is 11.9. The smallest absolute Gasteiger partial charge is 0.170 e. The van der Waals surface area contributed by atoms with Crippen LogP contribution in [0.5, 0.6) is 0 Å². The first-order chi connectivity index (χ1) is 7.43. The van der Waals surface area contributed by atoms with E-state index in [0.717, 1.165) is 32.7 Å². The van der Waals surface area contributed by atoms with Gasteiger partial charge in [-0.15, -0.1) is 0 Å². The van der Waals surface area contributed by atoms with Gasteiger partial charge in [-0.05, 0) is 27.9 Å². The minimum atomic E-state index is -0.284. The summed E-state index contributed by atoms with van der Waals surface area (Å²) in [6, 6.07) is 0.119. The van der Waals surface area contributed by atoms with Crippen LogP contribution in [-0.4, -0.2) is 78.9 Å². The lowest BCUT2D eigenvalue weighted by atomic mass is 9.97. The molecule has 2 aliphatic heterocycles. The number of piperazine rings is 1. The van der Waals surface area contributed by atoms with Crippen LogP contribution in [0.4, 0.5) is 0 Å². The molecule has 2 saturated heterocycles. The number of hydrogen-bond acceptors (Lipinski definition) is 4. The molecule has 0 aromatic carbocycles. The first kappa shape index (κ1) is 12.0. The van der Waals surface area contributed by atoms with Gasteiger partial charge in [0.15, 0.2) is 5.78 Å². The summed E-state index contributed by atoms with van der Waals surface area (Å²) in [5.74, 6) is 0.388. The van der Waals surface area contributed by atoms with E-state index in [1.807, 2.05) is 20.9 Å². The van der Waals surface area contributed by atoms with Crippen molar-refractivity contribution in [3.05, 3.63) is 0 Å². The van der Waals surface area contributed by atoms with Gasteiger partial charge in [-0.1, -0.05) is 0 Å². The van der Waals surface area contributed by atoms with Crippen molar-refractivity contribution >= 4 is 5.78 Å². The molecule has 2 aliphatic rings. The van der Waals surface area contributed by atoms with Gasteiger partial charge >= 0.3 is 0 Å². The van der Waals surface area contributed by atoms with E-state index in [2.05, 4.69) is 21.7 Å². The van der Waals surface area contributed by atoms with E-state index in [0.29, 0.717) is 5.78 Å². The lowest BCUT2D eigenvalue weighted by Crippen LogP contribution is -2.52. The fourth-order valence-corrected chi connectivity index (χ4v) is 2.58. The Labute approximate surface area is 98.2 Å². The quantitative estimate of drug-likeness (QED) is 0.622. The van der Waals surface area contributed by atoms with Crippen molar-refractivity contribution in [2.24, 2.45) is 0 Å². The zero-order valence-corrected chi connectivity index (χ0v) is 10.9. The van der Waals surface area contributed by atoms with Crippen LogP contribution in [-0.2, 0) is 4.79 Å².